The Balaban J connectivity index is 1.99. The SMILES string of the molecule is CNC(Cc1ccc(I)cc1)Cc1cccnc1. The molecule has 0 saturated heterocycles. The van der Waals surface area contributed by atoms with Crippen molar-refractivity contribution in [2.24, 2.45) is 0 Å². The van der Waals surface area contributed by atoms with Crippen LogP contribution in [0, 0.1) is 3.57 Å². The molecule has 2 aromatic rings. The largest absolute Gasteiger partial charge is 0.316 e. The maximum Gasteiger partial charge on any atom is 0.0300 e. The topological polar surface area (TPSA) is 24.9 Å². The van der Waals surface area contributed by atoms with Crippen LogP contribution in [0.3, 0.4) is 0 Å². The predicted octanol–water partition coefficient (Wildman–Crippen LogP) is 3.06. The molecule has 1 unspecified atom stereocenters. The highest BCUT2D eigenvalue weighted by Gasteiger charge is 2.08. The van der Waals surface area contributed by atoms with E-state index in [1.165, 1.54) is 14.7 Å². The van der Waals surface area contributed by atoms with E-state index in [9.17, 15) is 0 Å². The quantitative estimate of drug-likeness (QED) is 0.837. The molecule has 1 atom stereocenters. The monoisotopic (exact) mass is 352 g/mol. The van der Waals surface area contributed by atoms with Crippen LogP contribution in [0.2, 0.25) is 0 Å². The van der Waals surface area contributed by atoms with Gasteiger partial charge in [0.05, 0.1) is 0 Å². The van der Waals surface area contributed by atoms with Gasteiger partial charge in [-0.1, -0.05) is 18.2 Å². The lowest BCUT2D eigenvalue weighted by molar-refractivity contribution is 0.555. The summed E-state index contributed by atoms with van der Waals surface area (Å²) in [6, 6.07) is 13.3. The number of aromatic nitrogens is 1. The second-order valence-electron chi connectivity index (χ2n) is 4.38. The molecular formula is C15H17IN2. The number of nitrogens with zero attached hydrogens (tertiary/aromatic N) is 1. The minimum atomic E-state index is 0.453. The van der Waals surface area contributed by atoms with E-state index in [4.69, 9.17) is 0 Å². The van der Waals surface area contributed by atoms with Crippen molar-refractivity contribution < 1.29 is 0 Å². The van der Waals surface area contributed by atoms with Gasteiger partial charge in [0.1, 0.15) is 0 Å². The van der Waals surface area contributed by atoms with Crippen molar-refractivity contribution in [1.29, 1.82) is 0 Å². The van der Waals surface area contributed by atoms with E-state index >= 15 is 0 Å². The van der Waals surface area contributed by atoms with Crippen LogP contribution in [0.1, 0.15) is 11.1 Å². The van der Waals surface area contributed by atoms with Crippen LogP contribution in [0.15, 0.2) is 48.8 Å². The Morgan fingerprint density at radius 3 is 2.44 bits per heavy atom. The molecular weight excluding hydrogens is 335 g/mol. The Morgan fingerprint density at radius 2 is 1.83 bits per heavy atom. The summed E-state index contributed by atoms with van der Waals surface area (Å²) >= 11 is 2.33. The zero-order valence-corrected chi connectivity index (χ0v) is 12.6. The van der Waals surface area contributed by atoms with Crippen LogP contribution >= 0.6 is 22.6 Å². The summed E-state index contributed by atoms with van der Waals surface area (Å²) in [5, 5.41) is 3.38. The van der Waals surface area contributed by atoms with Gasteiger partial charge in [0, 0.05) is 22.0 Å². The van der Waals surface area contributed by atoms with Gasteiger partial charge < -0.3 is 5.32 Å². The lowest BCUT2D eigenvalue weighted by atomic mass is 10.0. The van der Waals surface area contributed by atoms with Gasteiger partial charge in [0.15, 0.2) is 0 Å². The zero-order valence-electron chi connectivity index (χ0n) is 10.4. The molecule has 0 spiro atoms. The summed E-state index contributed by atoms with van der Waals surface area (Å²) in [5.41, 5.74) is 2.65. The number of pyridine rings is 1. The van der Waals surface area contributed by atoms with Crippen LogP contribution in [0.5, 0.6) is 0 Å². The molecule has 0 bridgehead atoms. The first-order valence-corrected chi connectivity index (χ1v) is 7.16. The molecule has 0 aliphatic carbocycles. The molecule has 1 heterocycles. The van der Waals surface area contributed by atoms with E-state index in [1.54, 1.807) is 0 Å². The molecule has 0 radical (unpaired) electrons. The van der Waals surface area contributed by atoms with Gasteiger partial charge in [0.2, 0.25) is 0 Å². The molecule has 0 fully saturated rings. The van der Waals surface area contributed by atoms with E-state index < -0.39 is 0 Å². The Kier molecular flexibility index (Phi) is 5.13. The van der Waals surface area contributed by atoms with Crippen LogP contribution in [-0.4, -0.2) is 18.1 Å². The molecule has 0 saturated carbocycles. The van der Waals surface area contributed by atoms with Crippen molar-refractivity contribution in [3.63, 3.8) is 0 Å². The predicted molar refractivity (Wildman–Crippen MR) is 83.7 cm³/mol. The van der Waals surface area contributed by atoms with E-state index in [2.05, 4.69) is 63.2 Å². The Bertz CT molecular complexity index is 468. The molecule has 3 heteroatoms. The third-order valence-corrected chi connectivity index (χ3v) is 3.73. The van der Waals surface area contributed by atoms with E-state index in [-0.39, 0.29) is 0 Å². The normalized spacial score (nSPS) is 12.3. The van der Waals surface area contributed by atoms with Gasteiger partial charge in [-0.3, -0.25) is 4.98 Å². The summed E-state index contributed by atoms with van der Waals surface area (Å²) in [4.78, 5) is 4.16. The maximum atomic E-state index is 4.16. The molecule has 2 rings (SSSR count). The summed E-state index contributed by atoms with van der Waals surface area (Å²) in [7, 11) is 2.02. The van der Waals surface area contributed by atoms with Crippen molar-refractivity contribution in [3.8, 4) is 0 Å². The summed E-state index contributed by atoms with van der Waals surface area (Å²) in [6.45, 7) is 0. The number of nitrogens with one attached hydrogen (secondary N) is 1. The number of halogens is 1. The summed E-state index contributed by atoms with van der Waals surface area (Å²) < 4.78 is 1.28. The molecule has 1 aromatic heterocycles. The molecule has 0 aliphatic rings. The highest BCUT2D eigenvalue weighted by atomic mass is 127. The standard InChI is InChI=1S/C15H17IN2/c1-17-15(10-13-3-2-8-18-11-13)9-12-4-6-14(16)7-5-12/h2-8,11,15,17H,9-10H2,1H3. The van der Waals surface area contributed by atoms with Crippen molar-refractivity contribution in [2.45, 2.75) is 18.9 Å². The fraction of sp³-hybridized carbons (Fsp3) is 0.267. The lowest BCUT2D eigenvalue weighted by Crippen LogP contribution is -2.29. The van der Waals surface area contributed by atoms with Gasteiger partial charge in [0.25, 0.3) is 0 Å². The Morgan fingerprint density at radius 1 is 1.11 bits per heavy atom. The van der Waals surface area contributed by atoms with Gasteiger partial charge in [-0.05, 0) is 71.8 Å². The molecule has 2 nitrogen and oxygen atoms in total. The average molecular weight is 352 g/mol. The third-order valence-electron chi connectivity index (χ3n) is 3.01. The van der Waals surface area contributed by atoms with Crippen molar-refractivity contribution >= 4 is 22.6 Å². The van der Waals surface area contributed by atoms with Crippen LogP contribution < -0.4 is 5.32 Å². The number of benzene rings is 1. The number of hydrogen-bond donors (Lipinski definition) is 1. The second kappa shape index (κ2) is 6.85. The molecule has 18 heavy (non-hydrogen) atoms. The number of rotatable bonds is 5. The fourth-order valence-electron chi connectivity index (χ4n) is 1.98. The molecule has 0 aliphatic heterocycles. The molecule has 0 amide bonds. The molecule has 94 valence electrons. The van der Waals surface area contributed by atoms with E-state index in [0.717, 1.165) is 12.8 Å². The van der Waals surface area contributed by atoms with E-state index in [1.807, 2.05) is 25.5 Å². The summed E-state index contributed by atoms with van der Waals surface area (Å²) in [5.74, 6) is 0. The highest BCUT2D eigenvalue weighted by Crippen LogP contribution is 2.11. The second-order valence-corrected chi connectivity index (χ2v) is 5.63. The van der Waals surface area contributed by atoms with E-state index in [0.29, 0.717) is 6.04 Å². The van der Waals surface area contributed by atoms with Crippen molar-refractivity contribution in [3.05, 3.63) is 63.5 Å². The van der Waals surface area contributed by atoms with Gasteiger partial charge in [-0.15, -0.1) is 0 Å². The smallest absolute Gasteiger partial charge is 0.0300 e. The first-order chi connectivity index (χ1) is 8.78. The number of likely N-dealkylation sites (N-methyl/N-ethyl adjacent to an activating group) is 1. The lowest BCUT2D eigenvalue weighted by Gasteiger charge is -2.16. The van der Waals surface area contributed by atoms with Crippen molar-refractivity contribution in [2.75, 3.05) is 7.05 Å². The fourth-order valence-corrected chi connectivity index (χ4v) is 2.34. The first kappa shape index (κ1) is 13.5. The van der Waals surface area contributed by atoms with Crippen LogP contribution in [0.25, 0.3) is 0 Å². The highest BCUT2D eigenvalue weighted by molar-refractivity contribution is 14.1. The van der Waals surface area contributed by atoms with Gasteiger partial charge in [-0.25, -0.2) is 0 Å². The Labute approximate surface area is 122 Å². The first-order valence-electron chi connectivity index (χ1n) is 6.08. The van der Waals surface area contributed by atoms with Crippen LogP contribution in [-0.2, 0) is 12.8 Å². The molecule has 1 N–H and O–H groups in total. The maximum absolute atomic E-state index is 4.16. The Hall–Kier alpha value is -0.940. The van der Waals surface area contributed by atoms with Crippen LogP contribution in [0.4, 0.5) is 0 Å². The van der Waals surface area contributed by atoms with Gasteiger partial charge >= 0.3 is 0 Å². The van der Waals surface area contributed by atoms with Crippen molar-refractivity contribution in [1.82, 2.24) is 10.3 Å². The average Bonchev–Trinajstić information content (AvgIpc) is 2.41. The summed E-state index contributed by atoms with van der Waals surface area (Å²) in [6.07, 6.45) is 5.81. The third kappa shape index (κ3) is 4.07. The zero-order chi connectivity index (χ0) is 12.8. The minimum Gasteiger partial charge on any atom is -0.316 e. The van der Waals surface area contributed by atoms with Gasteiger partial charge in [-0.2, -0.15) is 0 Å². The molecule has 1 aromatic carbocycles. The minimum absolute atomic E-state index is 0.453. The number of hydrogen-bond acceptors (Lipinski definition) is 2.